The van der Waals surface area contributed by atoms with E-state index >= 15 is 0 Å². The summed E-state index contributed by atoms with van der Waals surface area (Å²) in [5.74, 6) is 0.541. The van der Waals surface area contributed by atoms with E-state index in [2.05, 4.69) is 5.32 Å². The lowest BCUT2D eigenvalue weighted by molar-refractivity contribution is -0.120. The summed E-state index contributed by atoms with van der Waals surface area (Å²) in [6, 6.07) is 17.4. The smallest absolute Gasteiger partial charge is 0.238 e. The second-order valence-electron chi connectivity index (χ2n) is 6.09. The first-order valence-electron chi connectivity index (χ1n) is 8.14. The number of halogens is 1. The van der Waals surface area contributed by atoms with Crippen molar-refractivity contribution in [1.82, 2.24) is 5.32 Å². The summed E-state index contributed by atoms with van der Waals surface area (Å²) in [6.45, 7) is 0.524. The number of benzene rings is 2. The van der Waals surface area contributed by atoms with Crippen molar-refractivity contribution in [2.24, 2.45) is 11.7 Å². The molecule has 1 amide bonds. The highest BCUT2D eigenvalue weighted by Crippen LogP contribution is 2.39. The predicted molar refractivity (Wildman–Crippen MR) is 100 cm³/mol. The van der Waals surface area contributed by atoms with Crippen molar-refractivity contribution in [3.63, 3.8) is 0 Å². The lowest BCUT2D eigenvalue weighted by atomic mass is 10.1. The fourth-order valence-electron chi connectivity index (χ4n) is 2.57. The Balaban J connectivity index is 1.74. The summed E-state index contributed by atoms with van der Waals surface area (Å²) in [7, 11) is 0. The molecule has 5 heteroatoms. The second-order valence-corrected chi connectivity index (χ2v) is 7.64. The highest BCUT2D eigenvalue weighted by molar-refractivity contribution is 8.00. The monoisotopic (exact) mass is 360 g/mol. The zero-order valence-corrected chi connectivity index (χ0v) is 14.9. The molecule has 1 aliphatic carbocycles. The van der Waals surface area contributed by atoms with Crippen LogP contribution in [0.5, 0.6) is 0 Å². The molecule has 2 aromatic rings. The predicted octanol–water partition coefficient (Wildman–Crippen LogP) is 4.03. The van der Waals surface area contributed by atoms with Crippen LogP contribution < -0.4 is 11.1 Å². The van der Waals surface area contributed by atoms with Crippen LogP contribution in [0.15, 0.2) is 59.5 Å². The molecule has 3 N–H and O–H groups in total. The van der Waals surface area contributed by atoms with Crippen molar-refractivity contribution >= 4 is 29.3 Å². The van der Waals surface area contributed by atoms with E-state index < -0.39 is 0 Å². The van der Waals surface area contributed by atoms with Crippen LogP contribution in [0.4, 0.5) is 0 Å². The minimum atomic E-state index is -0.350. The molecule has 3 rings (SSSR count). The second kappa shape index (κ2) is 8.06. The van der Waals surface area contributed by atoms with Gasteiger partial charge in [0.1, 0.15) is 5.25 Å². The zero-order chi connectivity index (χ0) is 16.9. The largest absolute Gasteiger partial charge is 0.353 e. The maximum absolute atomic E-state index is 12.8. The Morgan fingerprint density at radius 3 is 2.50 bits per heavy atom. The topological polar surface area (TPSA) is 55.1 Å². The first kappa shape index (κ1) is 17.3. The number of amides is 1. The summed E-state index contributed by atoms with van der Waals surface area (Å²) in [5, 5.41) is 3.32. The van der Waals surface area contributed by atoms with Gasteiger partial charge in [0.15, 0.2) is 0 Å². The number of thioether (sulfide) groups is 1. The molecule has 24 heavy (non-hydrogen) atoms. The Kier molecular flexibility index (Phi) is 5.82. The molecule has 0 aliphatic heterocycles. The van der Waals surface area contributed by atoms with Gasteiger partial charge in [-0.1, -0.05) is 54.1 Å². The Bertz CT molecular complexity index is 691. The van der Waals surface area contributed by atoms with Gasteiger partial charge < -0.3 is 11.1 Å². The van der Waals surface area contributed by atoms with Gasteiger partial charge >= 0.3 is 0 Å². The van der Waals surface area contributed by atoms with Crippen LogP contribution in [0.2, 0.25) is 5.02 Å². The van der Waals surface area contributed by atoms with Crippen molar-refractivity contribution in [3.05, 3.63) is 65.2 Å². The molecule has 0 radical (unpaired) electrons. The average molecular weight is 361 g/mol. The third kappa shape index (κ3) is 4.53. The van der Waals surface area contributed by atoms with Gasteiger partial charge in [-0.2, -0.15) is 0 Å². The van der Waals surface area contributed by atoms with E-state index in [0.29, 0.717) is 17.5 Å². The molecule has 1 fully saturated rings. The molecule has 2 unspecified atom stereocenters. The van der Waals surface area contributed by atoms with E-state index in [0.717, 1.165) is 10.5 Å². The zero-order valence-electron chi connectivity index (χ0n) is 13.3. The van der Waals surface area contributed by atoms with Crippen molar-refractivity contribution in [1.29, 1.82) is 0 Å². The Hall–Kier alpha value is -1.49. The molecule has 2 atom stereocenters. The minimum Gasteiger partial charge on any atom is -0.353 e. The molecule has 2 aromatic carbocycles. The SMILES string of the molecule is NC(CNC(=O)C(Sc1ccccc1Cl)c1ccccc1)C1CC1. The normalized spacial score (nSPS) is 16.4. The first-order chi connectivity index (χ1) is 11.6. The molecule has 126 valence electrons. The number of carbonyl (C=O) groups is 1. The maximum Gasteiger partial charge on any atom is 0.238 e. The van der Waals surface area contributed by atoms with Gasteiger partial charge in [0.25, 0.3) is 0 Å². The number of carbonyl (C=O) groups excluding carboxylic acids is 1. The average Bonchev–Trinajstić information content (AvgIpc) is 3.44. The van der Waals surface area contributed by atoms with E-state index in [1.807, 2.05) is 54.6 Å². The van der Waals surface area contributed by atoms with Gasteiger partial charge in [0.2, 0.25) is 5.91 Å². The van der Waals surface area contributed by atoms with Crippen LogP contribution >= 0.6 is 23.4 Å². The summed E-state index contributed by atoms with van der Waals surface area (Å²) in [5.41, 5.74) is 7.06. The highest BCUT2D eigenvalue weighted by Gasteiger charge is 2.30. The molecule has 0 aromatic heterocycles. The van der Waals surface area contributed by atoms with Crippen LogP contribution in [0.1, 0.15) is 23.7 Å². The van der Waals surface area contributed by atoms with E-state index in [-0.39, 0.29) is 17.2 Å². The Morgan fingerprint density at radius 2 is 1.83 bits per heavy atom. The minimum absolute atomic E-state index is 0.0257. The van der Waals surface area contributed by atoms with E-state index in [1.165, 1.54) is 24.6 Å². The van der Waals surface area contributed by atoms with Crippen LogP contribution in [-0.2, 0) is 4.79 Å². The molecule has 1 aliphatic rings. The van der Waals surface area contributed by atoms with Gasteiger partial charge in [0.05, 0.1) is 5.02 Å². The third-order valence-electron chi connectivity index (χ3n) is 4.16. The molecule has 3 nitrogen and oxygen atoms in total. The molecule has 0 bridgehead atoms. The fraction of sp³-hybridized carbons (Fsp3) is 0.316. The van der Waals surface area contributed by atoms with Crippen LogP contribution in [0.25, 0.3) is 0 Å². The Labute approximate surface area is 152 Å². The highest BCUT2D eigenvalue weighted by atomic mass is 35.5. The number of hydrogen-bond donors (Lipinski definition) is 2. The van der Waals surface area contributed by atoms with Crippen LogP contribution in [-0.4, -0.2) is 18.5 Å². The number of rotatable bonds is 7. The summed E-state index contributed by atoms with van der Waals surface area (Å²) < 4.78 is 0. The van der Waals surface area contributed by atoms with Crippen molar-refractivity contribution in [2.75, 3.05) is 6.54 Å². The van der Waals surface area contributed by atoms with E-state index in [9.17, 15) is 4.79 Å². The maximum atomic E-state index is 12.8. The van der Waals surface area contributed by atoms with Gasteiger partial charge in [-0.3, -0.25) is 4.79 Å². The van der Waals surface area contributed by atoms with Crippen molar-refractivity contribution in [3.8, 4) is 0 Å². The Morgan fingerprint density at radius 1 is 1.17 bits per heavy atom. The van der Waals surface area contributed by atoms with Crippen molar-refractivity contribution in [2.45, 2.75) is 29.0 Å². The molecular formula is C19H21ClN2OS. The summed E-state index contributed by atoms with van der Waals surface area (Å²) in [6.07, 6.45) is 2.35. The van der Waals surface area contributed by atoms with Gasteiger partial charge in [-0.05, 0) is 36.5 Å². The number of nitrogens with two attached hydrogens (primary N) is 1. The van der Waals surface area contributed by atoms with Crippen LogP contribution in [0, 0.1) is 5.92 Å². The molecule has 0 saturated heterocycles. The van der Waals surface area contributed by atoms with Crippen molar-refractivity contribution < 1.29 is 4.79 Å². The summed E-state index contributed by atoms with van der Waals surface area (Å²) in [4.78, 5) is 13.7. The van der Waals surface area contributed by atoms with Gasteiger partial charge in [-0.25, -0.2) is 0 Å². The number of hydrogen-bond acceptors (Lipinski definition) is 3. The standard InChI is InChI=1S/C19H21ClN2OS/c20-15-8-4-5-9-17(15)24-18(14-6-2-1-3-7-14)19(23)22-12-16(21)13-10-11-13/h1-9,13,16,18H,10-12,21H2,(H,22,23). The summed E-state index contributed by atoms with van der Waals surface area (Å²) >= 11 is 7.73. The molecule has 0 spiro atoms. The first-order valence-corrected chi connectivity index (χ1v) is 9.40. The lowest BCUT2D eigenvalue weighted by Gasteiger charge is -2.19. The van der Waals surface area contributed by atoms with E-state index in [4.69, 9.17) is 17.3 Å². The quantitative estimate of drug-likeness (QED) is 0.733. The molecular weight excluding hydrogens is 340 g/mol. The lowest BCUT2D eigenvalue weighted by Crippen LogP contribution is -2.40. The number of nitrogens with one attached hydrogen (secondary N) is 1. The van der Waals surface area contributed by atoms with Crippen LogP contribution in [0.3, 0.4) is 0 Å². The van der Waals surface area contributed by atoms with Gasteiger partial charge in [-0.15, -0.1) is 11.8 Å². The third-order valence-corrected chi connectivity index (χ3v) is 5.93. The molecule has 1 saturated carbocycles. The fourth-order valence-corrected chi connectivity index (χ4v) is 3.91. The van der Waals surface area contributed by atoms with Gasteiger partial charge in [0, 0.05) is 17.5 Å². The van der Waals surface area contributed by atoms with E-state index in [1.54, 1.807) is 0 Å². The molecule has 0 heterocycles.